The van der Waals surface area contributed by atoms with Crippen molar-refractivity contribution in [3.8, 4) is 0 Å². The lowest BCUT2D eigenvalue weighted by Crippen LogP contribution is -2.53. The first kappa shape index (κ1) is 14.1. The molecule has 7 nitrogen and oxygen atoms in total. The number of aliphatic carboxylic acids is 1. The number of nitrogens with zero attached hydrogens (tertiary/aromatic N) is 3. The molecule has 0 aromatic rings. The molecule has 108 valence electrons. The van der Waals surface area contributed by atoms with Gasteiger partial charge in [0.15, 0.2) is 0 Å². The average Bonchev–Trinajstić information content (AvgIpc) is 2.67. The highest BCUT2D eigenvalue weighted by molar-refractivity contribution is 5.74. The summed E-state index contributed by atoms with van der Waals surface area (Å²) in [4.78, 5) is 28.4. The Morgan fingerprint density at radius 3 is 2.32 bits per heavy atom. The summed E-state index contributed by atoms with van der Waals surface area (Å²) in [6.45, 7) is 5.22. The molecule has 0 spiro atoms. The number of carbonyl (C=O) groups is 2. The smallest absolute Gasteiger partial charge is 0.320 e. The van der Waals surface area contributed by atoms with Crippen molar-refractivity contribution in [2.75, 3.05) is 59.0 Å². The molecule has 7 heteroatoms. The highest BCUT2D eigenvalue weighted by atomic mass is 16.5. The Bertz CT molecular complexity index is 321. The van der Waals surface area contributed by atoms with Crippen LogP contribution in [0.4, 0.5) is 4.79 Å². The van der Waals surface area contributed by atoms with E-state index in [2.05, 4.69) is 0 Å². The number of carboxylic acids is 1. The van der Waals surface area contributed by atoms with Gasteiger partial charge in [0.2, 0.25) is 0 Å². The number of carboxylic acid groups (broad SMARTS) is 1. The summed E-state index contributed by atoms with van der Waals surface area (Å²) in [5.41, 5.74) is 0. The van der Waals surface area contributed by atoms with Gasteiger partial charge < -0.3 is 19.6 Å². The van der Waals surface area contributed by atoms with E-state index in [4.69, 9.17) is 9.84 Å². The first-order valence-electron chi connectivity index (χ1n) is 6.72. The first-order valence-corrected chi connectivity index (χ1v) is 6.72. The van der Waals surface area contributed by atoms with Crippen LogP contribution in [0.15, 0.2) is 0 Å². The topological polar surface area (TPSA) is 73.3 Å². The van der Waals surface area contributed by atoms with Crippen LogP contribution in [0.25, 0.3) is 0 Å². The van der Waals surface area contributed by atoms with Crippen molar-refractivity contribution in [3.63, 3.8) is 0 Å². The van der Waals surface area contributed by atoms with E-state index in [0.717, 1.165) is 19.6 Å². The third kappa shape index (κ3) is 4.07. The van der Waals surface area contributed by atoms with E-state index in [1.54, 1.807) is 0 Å². The van der Waals surface area contributed by atoms with Crippen LogP contribution >= 0.6 is 0 Å². The number of carbonyl (C=O) groups excluding carboxylic acids is 1. The molecule has 2 rings (SSSR count). The minimum absolute atomic E-state index is 0.0551. The molecule has 0 radical (unpaired) electrons. The average molecular weight is 271 g/mol. The van der Waals surface area contributed by atoms with Gasteiger partial charge in [-0.1, -0.05) is 0 Å². The van der Waals surface area contributed by atoms with Crippen molar-refractivity contribution in [2.24, 2.45) is 0 Å². The van der Waals surface area contributed by atoms with Crippen LogP contribution in [0.3, 0.4) is 0 Å². The molecule has 2 saturated heterocycles. The summed E-state index contributed by atoms with van der Waals surface area (Å²) in [5, 5.41) is 8.73. The third-order valence-corrected chi connectivity index (χ3v) is 3.49. The van der Waals surface area contributed by atoms with Crippen molar-refractivity contribution in [2.45, 2.75) is 6.42 Å². The van der Waals surface area contributed by atoms with Gasteiger partial charge in [-0.25, -0.2) is 4.79 Å². The molecule has 0 aliphatic carbocycles. The molecule has 2 fully saturated rings. The normalized spacial score (nSPS) is 22.1. The van der Waals surface area contributed by atoms with Crippen molar-refractivity contribution < 1.29 is 19.4 Å². The highest BCUT2D eigenvalue weighted by Gasteiger charge is 2.26. The van der Waals surface area contributed by atoms with Gasteiger partial charge in [-0.2, -0.15) is 0 Å². The number of urea groups is 1. The van der Waals surface area contributed by atoms with Crippen LogP contribution in [0.1, 0.15) is 6.42 Å². The molecular weight excluding hydrogens is 250 g/mol. The first-order chi connectivity index (χ1) is 9.16. The minimum atomic E-state index is -0.815. The summed E-state index contributed by atoms with van der Waals surface area (Å²) < 4.78 is 5.34. The Morgan fingerprint density at radius 2 is 1.63 bits per heavy atom. The molecule has 2 aliphatic heterocycles. The monoisotopic (exact) mass is 271 g/mol. The molecule has 0 unspecified atom stereocenters. The van der Waals surface area contributed by atoms with Crippen molar-refractivity contribution in [1.82, 2.24) is 14.7 Å². The van der Waals surface area contributed by atoms with E-state index in [1.807, 2.05) is 14.7 Å². The zero-order valence-corrected chi connectivity index (χ0v) is 11.1. The number of hydrogen-bond donors (Lipinski definition) is 1. The van der Waals surface area contributed by atoms with Gasteiger partial charge in [-0.15, -0.1) is 0 Å². The van der Waals surface area contributed by atoms with E-state index in [-0.39, 0.29) is 12.6 Å². The molecular formula is C12H21N3O4. The van der Waals surface area contributed by atoms with E-state index in [9.17, 15) is 9.59 Å². The van der Waals surface area contributed by atoms with Crippen LogP contribution in [-0.4, -0.2) is 90.8 Å². The zero-order valence-electron chi connectivity index (χ0n) is 11.1. The Balaban J connectivity index is 1.79. The van der Waals surface area contributed by atoms with E-state index < -0.39 is 5.97 Å². The molecule has 0 atom stereocenters. The second-order valence-electron chi connectivity index (χ2n) is 4.89. The zero-order chi connectivity index (χ0) is 13.7. The molecule has 2 aliphatic rings. The molecule has 1 N–H and O–H groups in total. The number of piperazine rings is 1. The van der Waals surface area contributed by atoms with Crippen LogP contribution in [0, 0.1) is 0 Å². The van der Waals surface area contributed by atoms with Crippen molar-refractivity contribution in [1.29, 1.82) is 0 Å². The summed E-state index contributed by atoms with van der Waals surface area (Å²) in [6.07, 6.45) is 0.880. The van der Waals surface area contributed by atoms with Gasteiger partial charge in [0.05, 0.1) is 13.2 Å². The third-order valence-electron chi connectivity index (χ3n) is 3.49. The molecule has 2 heterocycles. The maximum atomic E-state index is 12.3. The summed E-state index contributed by atoms with van der Waals surface area (Å²) in [7, 11) is 0. The number of hydrogen-bond acceptors (Lipinski definition) is 4. The molecule has 19 heavy (non-hydrogen) atoms. The second-order valence-corrected chi connectivity index (χ2v) is 4.89. The van der Waals surface area contributed by atoms with Gasteiger partial charge in [-0.3, -0.25) is 9.69 Å². The minimum Gasteiger partial charge on any atom is -0.480 e. The highest BCUT2D eigenvalue weighted by Crippen LogP contribution is 2.08. The number of ether oxygens (including phenoxy) is 1. The second kappa shape index (κ2) is 6.72. The SMILES string of the molecule is O=C(O)CN1CCN(C(=O)N2CCCOCC2)CC1. The number of rotatable bonds is 2. The van der Waals surface area contributed by atoms with Crippen molar-refractivity contribution >= 4 is 12.0 Å². The maximum Gasteiger partial charge on any atom is 0.320 e. The predicted molar refractivity (Wildman–Crippen MR) is 68.1 cm³/mol. The van der Waals surface area contributed by atoms with Gasteiger partial charge in [0.25, 0.3) is 0 Å². The fourth-order valence-corrected chi connectivity index (χ4v) is 2.43. The standard InChI is InChI=1S/C12H21N3O4/c16-11(17)10-13-3-5-15(6-4-13)12(18)14-2-1-8-19-9-7-14/h1-10H2,(H,16,17). The predicted octanol–water partition coefficient (Wildman–Crippen LogP) is -0.469. The van der Waals surface area contributed by atoms with E-state index >= 15 is 0 Å². The van der Waals surface area contributed by atoms with Crippen molar-refractivity contribution in [3.05, 3.63) is 0 Å². The molecule has 0 aromatic heterocycles. The largest absolute Gasteiger partial charge is 0.480 e. The summed E-state index contributed by atoms with van der Waals surface area (Å²) in [5.74, 6) is -0.815. The Hall–Kier alpha value is -1.34. The van der Waals surface area contributed by atoms with Crippen LogP contribution in [0.5, 0.6) is 0 Å². The van der Waals surface area contributed by atoms with Gasteiger partial charge in [0, 0.05) is 45.9 Å². The van der Waals surface area contributed by atoms with Gasteiger partial charge in [0.1, 0.15) is 0 Å². The number of amides is 2. The fraction of sp³-hybridized carbons (Fsp3) is 0.833. The lowest BCUT2D eigenvalue weighted by molar-refractivity contribution is -0.138. The Morgan fingerprint density at radius 1 is 0.947 bits per heavy atom. The molecule has 0 aromatic carbocycles. The summed E-state index contributed by atoms with van der Waals surface area (Å²) in [6, 6.07) is 0.0560. The molecule has 0 saturated carbocycles. The van der Waals surface area contributed by atoms with Gasteiger partial charge in [-0.05, 0) is 6.42 Å². The quantitative estimate of drug-likeness (QED) is 0.735. The molecule has 0 bridgehead atoms. The Labute approximate surface area is 112 Å². The van der Waals surface area contributed by atoms with Crippen LogP contribution in [-0.2, 0) is 9.53 Å². The van der Waals surface area contributed by atoms with E-state index in [0.29, 0.717) is 39.3 Å². The van der Waals surface area contributed by atoms with E-state index in [1.165, 1.54) is 0 Å². The summed E-state index contributed by atoms with van der Waals surface area (Å²) >= 11 is 0. The lowest BCUT2D eigenvalue weighted by Gasteiger charge is -2.36. The maximum absolute atomic E-state index is 12.3. The van der Waals surface area contributed by atoms with Gasteiger partial charge >= 0.3 is 12.0 Å². The van der Waals surface area contributed by atoms with Crippen LogP contribution < -0.4 is 0 Å². The Kier molecular flexibility index (Phi) is 4.98. The molecule has 2 amide bonds. The fourth-order valence-electron chi connectivity index (χ4n) is 2.43. The van der Waals surface area contributed by atoms with Crippen LogP contribution in [0.2, 0.25) is 0 Å². The lowest BCUT2D eigenvalue weighted by atomic mass is 10.3.